The first-order valence-electron chi connectivity index (χ1n) is 6.05. The summed E-state index contributed by atoms with van der Waals surface area (Å²) in [7, 11) is 0. The lowest BCUT2D eigenvalue weighted by atomic mass is 10.3. The molecule has 1 aliphatic heterocycles. The molecule has 1 fully saturated rings. The Morgan fingerprint density at radius 1 is 1.13 bits per heavy atom. The quantitative estimate of drug-likeness (QED) is 0.738. The summed E-state index contributed by atoms with van der Waals surface area (Å²) in [5.74, 6) is 0. The van der Waals surface area contributed by atoms with Gasteiger partial charge in [-0.15, -0.1) is 0 Å². The van der Waals surface area contributed by atoms with Crippen LogP contribution in [0, 0.1) is 13.8 Å². The summed E-state index contributed by atoms with van der Waals surface area (Å²) in [4.78, 5) is 2.61. The molecule has 2 rings (SSSR count). The molecule has 1 atom stereocenters. The van der Waals surface area contributed by atoms with Crippen molar-refractivity contribution in [3.05, 3.63) is 23.5 Å². The Balaban J connectivity index is 2.01. The van der Waals surface area contributed by atoms with Crippen LogP contribution >= 0.6 is 0 Å². The van der Waals surface area contributed by atoms with E-state index in [1.807, 2.05) is 0 Å². The summed E-state index contributed by atoms with van der Waals surface area (Å²) in [6, 6.07) is 5.11. The van der Waals surface area contributed by atoms with Gasteiger partial charge in [0, 0.05) is 24.0 Å². The predicted molar refractivity (Wildman–Crippen MR) is 64.2 cm³/mol. The average Bonchev–Trinajstić information content (AvgIpc) is 2.82. The van der Waals surface area contributed by atoms with E-state index in [-0.39, 0.29) is 0 Å². The van der Waals surface area contributed by atoms with Gasteiger partial charge in [0.2, 0.25) is 0 Å². The highest BCUT2D eigenvalue weighted by molar-refractivity contribution is 5.13. The lowest BCUT2D eigenvalue weighted by molar-refractivity contribution is 0.234. The van der Waals surface area contributed by atoms with Gasteiger partial charge < -0.3 is 4.57 Å². The number of nitrogens with zero attached hydrogens (tertiary/aromatic N) is 2. The molecule has 0 saturated carbocycles. The Bertz CT molecular complexity index is 302. The molecule has 0 aliphatic carbocycles. The molecule has 2 nitrogen and oxygen atoms in total. The van der Waals surface area contributed by atoms with Gasteiger partial charge in [0.15, 0.2) is 0 Å². The molecule has 0 amide bonds. The van der Waals surface area contributed by atoms with Gasteiger partial charge in [-0.05, 0) is 58.8 Å². The zero-order chi connectivity index (χ0) is 10.8. The molecule has 0 radical (unpaired) electrons. The Kier molecular flexibility index (Phi) is 3.15. The number of aromatic nitrogens is 1. The maximum absolute atomic E-state index is 2.61. The molecule has 0 aromatic carbocycles. The summed E-state index contributed by atoms with van der Waals surface area (Å²) in [5, 5.41) is 0. The zero-order valence-electron chi connectivity index (χ0n) is 10.2. The molecule has 1 saturated heterocycles. The topological polar surface area (TPSA) is 8.17 Å². The summed E-state index contributed by atoms with van der Waals surface area (Å²) in [5.41, 5.74) is 2.78. The van der Waals surface area contributed by atoms with E-state index >= 15 is 0 Å². The molecule has 1 aliphatic rings. The minimum absolute atomic E-state index is 0.678. The van der Waals surface area contributed by atoms with Crippen molar-refractivity contribution in [3.63, 3.8) is 0 Å². The monoisotopic (exact) mass is 206 g/mol. The standard InChI is InChI=1S/C13H22N2/c1-11-6-7-12(2)15(11)10-13(3)14-8-4-5-9-14/h6-7,13H,4-5,8-10H2,1-3H3. The molecule has 2 heterocycles. The Labute approximate surface area is 92.9 Å². The Hall–Kier alpha value is -0.760. The SMILES string of the molecule is Cc1ccc(C)n1CC(C)N1CCCC1. The second-order valence-electron chi connectivity index (χ2n) is 4.82. The van der Waals surface area contributed by atoms with Crippen molar-refractivity contribution < 1.29 is 0 Å². The minimum Gasteiger partial charge on any atom is -0.348 e. The van der Waals surface area contributed by atoms with Crippen LogP contribution in [0.15, 0.2) is 12.1 Å². The van der Waals surface area contributed by atoms with Gasteiger partial charge >= 0.3 is 0 Å². The van der Waals surface area contributed by atoms with Gasteiger partial charge in [0.25, 0.3) is 0 Å². The highest BCUT2D eigenvalue weighted by Crippen LogP contribution is 2.15. The van der Waals surface area contributed by atoms with E-state index in [1.165, 1.54) is 37.3 Å². The highest BCUT2D eigenvalue weighted by Gasteiger charge is 2.18. The molecule has 84 valence electrons. The predicted octanol–water partition coefficient (Wildman–Crippen LogP) is 2.59. The van der Waals surface area contributed by atoms with Crippen molar-refractivity contribution in [1.29, 1.82) is 0 Å². The van der Waals surface area contributed by atoms with Crippen LogP contribution in [0.5, 0.6) is 0 Å². The Morgan fingerprint density at radius 3 is 2.20 bits per heavy atom. The first kappa shape index (κ1) is 10.7. The van der Waals surface area contributed by atoms with Gasteiger partial charge in [-0.1, -0.05) is 0 Å². The van der Waals surface area contributed by atoms with E-state index in [1.54, 1.807) is 0 Å². The second-order valence-corrected chi connectivity index (χ2v) is 4.82. The number of hydrogen-bond acceptors (Lipinski definition) is 1. The average molecular weight is 206 g/mol. The fourth-order valence-corrected chi connectivity index (χ4v) is 2.55. The van der Waals surface area contributed by atoms with Gasteiger partial charge in [0.1, 0.15) is 0 Å². The highest BCUT2D eigenvalue weighted by atomic mass is 15.2. The molecule has 1 unspecified atom stereocenters. The van der Waals surface area contributed by atoms with E-state index in [0.717, 1.165) is 6.54 Å². The van der Waals surface area contributed by atoms with Crippen molar-refractivity contribution in [2.24, 2.45) is 0 Å². The third kappa shape index (κ3) is 2.25. The Morgan fingerprint density at radius 2 is 1.67 bits per heavy atom. The summed E-state index contributed by atoms with van der Waals surface area (Å²) >= 11 is 0. The third-order valence-electron chi connectivity index (χ3n) is 3.63. The van der Waals surface area contributed by atoms with E-state index in [0.29, 0.717) is 6.04 Å². The molecule has 15 heavy (non-hydrogen) atoms. The summed E-state index contributed by atoms with van der Waals surface area (Å²) in [6.45, 7) is 10.5. The van der Waals surface area contributed by atoms with Crippen LogP contribution in [0.25, 0.3) is 0 Å². The maximum atomic E-state index is 2.61. The van der Waals surface area contributed by atoms with Crippen molar-refractivity contribution in [2.45, 2.75) is 46.2 Å². The van der Waals surface area contributed by atoms with Crippen LogP contribution in [0.3, 0.4) is 0 Å². The van der Waals surface area contributed by atoms with Gasteiger partial charge in [-0.3, -0.25) is 4.90 Å². The van der Waals surface area contributed by atoms with E-state index in [4.69, 9.17) is 0 Å². The van der Waals surface area contributed by atoms with Crippen molar-refractivity contribution in [1.82, 2.24) is 9.47 Å². The lowest BCUT2D eigenvalue weighted by Crippen LogP contribution is -2.34. The molecular formula is C13H22N2. The molecule has 1 aromatic heterocycles. The summed E-state index contributed by atoms with van der Waals surface area (Å²) < 4.78 is 2.43. The molecule has 0 bridgehead atoms. The van der Waals surface area contributed by atoms with E-state index < -0.39 is 0 Å². The minimum atomic E-state index is 0.678. The van der Waals surface area contributed by atoms with Gasteiger partial charge in [0.05, 0.1) is 0 Å². The first-order chi connectivity index (χ1) is 7.18. The molecular weight excluding hydrogens is 184 g/mol. The second kappa shape index (κ2) is 4.40. The van der Waals surface area contributed by atoms with Crippen LogP contribution in [-0.2, 0) is 6.54 Å². The number of aryl methyl sites for hydroxylation is 2. The van der Waals surface area contributed by atoms with Crippen LogP contribution in [0.1, 0.15) is 31.2 Å². The summed E-state index contributed by atoms with van der Waals surface area (Å²) in [6.07, 6.45) is 2.77. The smallest absolute Gasteiger partial charge is 0.0378 e. The molecule has 2 heteroatoms. The largest absolute Gasteiger partial charge is 0.348 e. The number of likely N-dealkylation sites (tertiary alicyclic amines) is 1. The van der Waals surface area contributed by atoms with Crippen LogP contribution in [0.4, 0.5) is 0 Å². The van der Waals surface area contributed by atoms with Crippen LogP contribution in [0.2, 0.25) is 0 Å². The number of hydrogen-bond donors (Lipinski definition) is 0. The van der Waals surface area contributed by atoms with Gasteiger partial charge in [-0.25, -0.2) is 0 Å². The number of rotatable bonds is 3. The molecule has 1 aromatic rings. The zero-order valence-corrected chi connectivity index (χ0v) is 10.2. The fraction of sp³-hybridized carbons (Fsp3) is 0.692. The maximum Gasteiger partial charge on any atom is 0.0378 e. The van der Waals surface area contributed by atoms with Crippen molar-refractivity contribution in [2.75, 3.05) is 13.1 Å². The van der Waals surface area contributed by atoms with Crippen LogP contribution < -0.4 is 0 Å². The fourth-order valence-electron chi connectivity index (χ4n) is 2.55. The van der Waals surface area contributed by atoms with E-state index in [9.17, 15) is 0 Å². The van der Waals surface area contributed by atoms with Crippen molar-refractivity contribution in [3.8, 4) is 0 Å². The molecule has 0 spiro atoms. The first-order valence-corrected chi connectivity index (χ1v) is 6.05. The lowest BCUT2D eigenvalue weighted by Gasteiger charge is -2.25. The van der Waals surface area contributed by atoms with Crippen LogP contribution in [-0.4, -0.2) is 28.6 Å². The third-order valence-corrected chi connectivity index (χ3v) is 3.63. The van der Waals surface area contributed by atoms with Crippen molar-refractivity contribution >= 4 is 0 Å². The normalized spacial score (nSPS) is 19.7. The molecule has 0 N–H and O–H groups in total. The van der Waals surface area contributed by atoms with Gasteiger partial charge in [-0.2, -0.15) is 0 Å². The van der Waals surface area contributed by atoms with E-state index in [2.05, 4.69) is 42.4 Å².